The summed E-state index contributed by atoms with van der Waals surface area (Å²) < 4.78 is 5.96. The van der Waals surface area contributed by atoms with Gasteiger partial charge in [0.05, 0.1) is 12.6 Å². The Morgan fingerprint density at radius 3 is 2.55 bits per heavy atom. The maximum Gasteiger partial charge on any atom is 0.236 e. The number of carbonyl (C=O) groups is 1. The molecule has 2 unspecified atom stereocenters. The molecule has 4 nitrogen and oxygen atoms in total. The molecule has 0 aromatic rings. The molecule has 20 heavy (non-hydrogen) atoms. The van der Waals surface area contributed by atoms with Gasteiger partial charge in [-0.05, 0) is 25.2 Å². The van der Waals surface area contributed by atoms with E-state index in [2.05, 4.69) is 33.0 Å². The van der Waals surface area contributed by atoms with Crippen LogP contribution in [0.3, 0.4) is 0 Å². The zero-order valence-corrected chi connectivity index (χ0v) is 13.4. The minimum atomic E-state index is 0.125. The standard InChI is InChI=1S/C16H30N2O2/c1-12(2)11-20-14-9-13(16(14,3)4)17-10-15(19)18-7-5-6-8-18/h12-14,17H,5-11H2,1-4H3. The molecule has 2 aliphatic rings. The average Bonchev–Trinajstić information content (AvgIpc) is 2.90. The molecule has 0 radical (unpaired) electrons. The van der Waals surface area contributed by atoms with Crippen LogP contribution in [0.15, 0.2) is 0 Å². The van der Waals surface area contributed by atoms with Gasteiger partial charge in [0.25, 0.3) is 0 Å². The van der Waals surface area contributed by atoms with Gasteiger partial charge in [-0.25, -0.2) is 0 Å². The van der Waals surface area contributed by atoms with Gasteiger partial charge in [0.15, 0.2) is 0 Å². The summed E-state index contributed by atoms with van der Waals surface area (Å²) in [5.74, 6) is 0.833. The van der Waals surface area contributed by atoms with Crippen molar-refractivity contribution in [2.45, 2.75) is 59.1 Å². The monoisotopic (exact) mass is 282 g/mol. The van der Waals surface area contributed by atoms with Crippen LogP contribution in [0, 0.1) is 11.3 Å². The van der Waals surface area contributed by atoms with E-state index in [1.807, 2.05) is 4.90 Å². The van der Waals surface area contributed by atoms with Crippen LogP contribution in [-0.2, 0) is 9.53 Å². The van der Waals surface area contributed by atoms with Crippen LogP contribution in [-0.4, -0.2) is 49.2 Å². The molecule has 0 bridgehead atoms. The number of hydrogen-bond acceptors (Lipinski definition) is 3. The van der Waals surface area contributed by atoms with E-state index in [4.69, 9.17) is 4.74 Å². The van der Waals surface area contributed by atoms with E-state index in [0.29, 0.717) is 24.6 Å². The second-order valence-corrected chi connectivity index (χ2v) is 7.29. The lowest BCUT2D eigenvalue weighted by Gasteiger charge is -2.52. The molecule has 1 aliphatic carbocycles. The van der Waals surface area contributed by atoms with Crippen molar-refractivity contribution >= 4 is 5.91 Å². The number of hydrogen-bond donors (Lipinski definition) is 1. The summed E-state index contributed by atoms with van der Waals surface area (Å²) in [6.07, 6.45) is 3.66. The first-order chi connectivity index (χ1) is 9.41. The first-order valence-electron chi connectivity index (χ1n) is 8.04. The predicted octanol–water partition coefficient (Wildman–Crippen LogP) is 2.04. The van der Waals surface area contributed by atoms with Gasteiger partial charge in [-0.1, -0.05) is 27.7 Å². The highest BCUT2D eigenvalue weighted by atomic mass is 16.5. The smallest absolute Gasteiger partial charge is 0.236 e. The number of likely N-dealkylation sites (tertiary alicyclic amines) is 1. The molecule has 1 amide bonds. The van der Waals surface area contributed by atoms with Crippen LogP contribution in [0.4, 0.5) is 0 Å². The van der Waals surface area contributed by atoms with Gasteiger partial charge in [0, 0.05) is 31.2 Å². The summed E-state index contributed by atoms with van der Waals surface area (Å²) in [5, 5.41) is 3.43. The average molecular weight is 282 g/mol. The number of carbonyl (C=O) groups excluding carboxylic acids is 1. The molecular weight excluding hydrogens is 252 g/mol. The third kappa shape index (κ3) is 3.53. The first-order valence-corrected chi connectivity index (χ1v) is 8.04. The molecule has 1 heterocycles. The Hall–Kier alpha value is -0.610. The Morgan fingerprint density at radius 1 is 1.35 bits per heavy atom. The van der Waals surface area contributed by atoms with Crippen LogP contribution < -0.4 is 5.32 Å². The Kier molecular flexibility index (Phi) is 5.08. The summed E-state index contributed by atoms with van der Waals surface area (Å²) in [6, 6.07) is 0.395. The second kappa shape index (κ2) is 6.44. The van der Waals surface area contributed by atoms with Crippen LogP contribution in [0.25, 0.3) is 0 Å². The molecule has 0 aromatic heterocycles. The molecule has 2 rings (SSSR count). The third-order valence-electron chi connectivity index (χ3n) is 4.77. The highest BCUT2D eigenvalue weighted by molar-refractivity contribution is 5.78. The maximum atomic E-state index is 12.0. The fourth-order valence-corrected chi connectivity index (χ4v) is 3.11. The van der Waals surface area contributed by atoms with Gasteiger partial charge in [-0.15, -0.1) is 0 Å². The molecule has 4 heteroatoms. The van der Waals surface area contributed by atoms with Crippen LogP contribution >= 0.6 is 0 Å². The molecule has 1 aliphatic heterocycles. The SMILES string of the molecule is CC(C)COC1CC(NCC(=O)N2CCCC2)C1(C)C. The number of rotatable bonds is 6. The molecule has 2 fully saturated rings. The zero-order chi connectivity index (χ0) is 14.8. The summed E-state index contributed by atoms with van der Waals surface area (Å²) >= 11 is 0. The summed E-state index contributed by atoms with van der Waals surface area (Å²) in [6.45, 7) is 12.0. The summed E-state index contributed by atoms with van der Waals surface area (Å²) in [4.78, 5) is 14.0. The van der Waals surface area contributed by atoms with Gasteiger partial charge in [-0.3, -0.25) is 4.79 Å². The summed E-state index contributed by atoms with van der Waals surface area (Å²) in [7, 11) is 0. The van der Waals surface area contributed by atoms with Crippen molar-refractivity contribution in [2.24, 2.45) is 11.3 Å². The second-order valence-electron chi connectivity index (χ2n) is 7.29. The molecule has 116 valence electrons. The van der Waals surface area contributed by atoms with Crippen LogP contribution in [0.2, 0.25) is 0 Å². The van der Waals surface area contributed by atoms with Crippen molar-refractivity contribution in [2.75, 3.05) is 26.2 Å². The first kappa shape index (κ1) is 15.8. The molecule has 2 atom stereocenters. The molecule has 1 N–H and O–H groups in total. The van der Waals surface area contributed by atoms with Gasteiger partial charge in [0.2, 0.25) is 5.91 Å². The molecule has 0 spiro atoms. The van der Waals surface area contributed by atoms with Gasteiger partial charge in [0.1, 0.15) is 0 Å². The fraction of sp³-hybridized carbons (Fsp3) is 0.938. The summed E-state index contributed by atoms with van der Waals surface area (Å²) in [5.41, 5.74) is 0.125. The van der Waals surface area contributed by atoms with Crippen molar-refractivity contribution in [1.82, 2.24) is 10.2 Å². The number of amides is 1. The zero-order valence-electron chi connectivity index (χ0n) is 13.4. The predicted molar refractivity (Wildman–Crippen MR) is 80.6 cm³/mol. The lowest BCUT2D eigenvalue weighted by atomic mass is 9.64. The Balaban J connectivity index is 1.71. The lowest BCUT2D eigenvalue weighted by Crippen LogP contribution is -2.62. The lowest BCUT2D eigenvalue weighted by molar-refractivity contribution is -0.135. The number of ether oxygens (including phenoxy) is 1. The van der Waals surface area contributed by atoms with Crippen molar-refractivity contribution < 1.29 is 9.53 Å². The minimum absolute atomic E-state index is 0.125. The van der Waals surface area contributed by atoms with E-state index >= 15 is 0 Å². The largest absolute Gasteiger partial charge is 0.377 e. The van der Waals surface area contributed by atoms with Crippen molar-refractivity contribution in [1.29, 1.82) is 0 Å². The van der Waals surface area contributed by atoms with E-state index in [0.717, 1.165) is 39.0 Å². The fourth-order valence-electron chi connectivity index (χ4n) is 3.11. The third-order valence-corrected chi connectivity index (χ3v) is 4.77. The highest BCUT2D eigenvalue weighted by Gasteiger charge is 2.48. The maximum absolute atomic E-state index is 12.0. The topological polar surface area (TPSA) is 41.6 Å². The molecular formula is C16H30N2O2. The Bertz CT molecular complexity index is 335. The molecule has 0 aromatic carbocycles. The van der Waals surface area contributed by atoms with Crippen LogP contribution in [0.1, 0.15) is 47.0 Å². The van der Waals surface area contributed by atoms with Crippen molar-refractivity contribution in [3.63, 3.8) is 0 Å². The van der Waals surface area contributed by atoms with Gasteiger partial charge >= 0.3 is 0 Å². The van der Waals surface area contributed by atoms with Crippen molar-refractivity contribution in [3.05, 3.63) is 0 Å². The van der Waals surface area contributed by atoms with Gasteiger partial charge in [-0.2, -0.15) is 0 Å². The van der Waals surface area contributed by atoms with E-state index in [1.54, 1.807) is 0 Å². The quantitative estimate of drug-likeness (QED) is 0.810. The number of nitrogens with one attached hydrogen (secondary N) is 1. The molecule has 1 saturated carbocycles. The van der Waals surface area contributed by atoms with E-state index in [1.165, 1.54) is 0 Å². The minimum Gasteiger partial charge on any atom is -0.377 e. The van der Waals surface area contributed by atoms with E-state index < -0.39 is 0 Å². The molecule has 1 saturated heterocycles. The van der Waals surface area contributed by atoms with E-state index in [-0.39, 0.29) is 11.3 Å². The van der Waals surface area contributed by atoms with E-state index in [9.17, 15) is 4.79 Å². The Morgan fingerprint density at radius 2 is 2.00 bits per heavy atom. The van der Waals surface area contributed by atoms with Crippen LogP contribution in [0.5, 0.6) is 0 Å². The highest BCUT2D eigenvalue weighted by Crippen LogP contribution is 2.42. The van der Waals surface area contributed by atoms with Crippen molar-refractivity contribution in [3.8, 4) is 0 Å². The normalized spacial score (nSPS) is 28.8. The van der Waals surface area contributed by atoms with Gasteiger partial charge < -0.3 is 15.0 Å². The number of nitrogens with zero attached hydrogens (tertiary/aromatic N) is 1. The Labute approximate surface area is 123 Å².